The number of rotatable bonds is 0. The van der Waals surface area contributed by atoms with Gasteiger partial charge < -0.3 is 0 Å². The molecule has 0 aromatic rings. The van der Waals surface area contributed by atoms with Gasteiger partial charge in [0.25, 0.3) is 0 Å². The van der Waals surface area contributed by atoms with Crippen LogP contribution in [0.5, 0.6) is 0 Å². The van der Waals surface area contributed by atoms with E-state index in [1.807, 2.05) is 5.57 Å². The van der Waals surface area contributed by atoms with E-state index in [9.17, 15) is 0 Å². The molecule has 0 saturated heterocycles. The van der Waals surface area contributed by atoms with Crippen LogP contribution in [0.15, 0.2) is 11.6 Å². The zero-order valence-corrected chi connectivity index (χ0v) is 4.93. The minimum atomic E-state index is 1.08. The Morgan fingerprint density at radius 1 is 1.38 bits per heavy atom. The summed E-state index contributed by atoms with van der Waals surface area (Å²) < 4.78 is 0. The second-order valence-corrected chi connectivity index (χ2v) is 3.47. The minimum absolute atomic E-state index is 1.08. The van der Waals surface area contributed by atoms with Gasteiger partial charge in [-0.1, -0.05) is 11.6 Å². The SMILES string of the molecule is C1=C2C(C1)CC1C[C@@H]21. The Hall–Kier alpha value is -0.260. The summed E-state index contributed by atoms with van der Waals surface area (Å²) in [6.07, 6.45) is 6.98. The molecule has 0 nitrogen and oxygen atoms in total. The average molecular weight is 106 g/mol. The summed E-state index contributed by atoms with van der Waals surface area (Å²) in [6, 6.07) is 0. The number of fused-ring (bicyclic) bond motifs is 3. The standard InChI is InChI=1S/C8H10/c1-2-7-5(1)3-6-4-8(6)7/h2,5-6,8H,1,3-4H2/t5?,6?,8-/m1/s1. The second-order valence-electron chi connectivity index (χ2n) is 3.47. The molecule has 0 N–H and O–H groups in total. The molecule has 2 saturated carbocycles. The first kappa shape index (κ1) is 3.71. The van der Waals surface area contributed by atoms with Gasteiger partial charge in [0.05, 0.1) is 0 Å². The molecule has 0 heterocycles. The molecule has 0 bridgehead atoms. The van der Waals surface area contributed by atoms with E-state index in [4.69, 9.17) is 0 Å². The van der Waals surface area contributed by atoms with Crippen LogP contribution in [0.2, 0.25) is 0 Å². The van der Waals surface area contributed by atoms with Gasteiger partial charge in [0.15, 0.2) is 0 Å². The lowest BCUT2D eigenvalue weighted by Gasteiger charge is -2.21. The van der Waals surface area contributed by atoms with E-state index >= 15 is 0 Å². The van der Waals surface area contributed by atoms with E-state index in [2.05, 4.69) is 6.08 Å². The third kappa shape index (κ3) is 0.249. The third-order valence-corrected chi connectivity index (χ3v) is 3.05. The fourth-order valence-electron chi connectivity index (χ4n) is 2.39. The maximum Gasteiger partial charge on any atom is -0.0163 e. The van der Waals surface area contributed by atoms with Crippen molar-refractivity contribution in [2.45, 2.75) is 19.3 Å². The molecule has 0 heteroatoms. The predicted molar refractivity (Wildman–Crippen MR) is 32.4 cm³/mol. The average Bonchev–Trinajstić information content (AvgIpc) is 2.34. The summed E-state index contributed by atoms with van der Waals surface area (Å²) >= 11 is 0. The predicted octanol–water partition coefficient (Wildman–Crippen LogP) is 1.97. The number of hydrogen-bond acceptors (Lipinski definition) is 0. The van der Waals surface area contributed by atoms with Crippen molar-refractivity contribution < 1.29 is 0 Å². The topological polar surface area (TPSA) is 0 Å². The molecule has 0 aromatic carbocycles. The smallest absolute Gasteiger partial charge is 0.0163 e. The summed E-state index contributed by atoms with van der Waals surface area (Å²) in [6.45, 7) is 0. The van der Waals surface area contributed by atoms with Crippen molar-refractivity contribution in [3.8, 4) is 0 Å². The van der Waals surface area contributed by atoms with E-state index in [1.165, 1.54) is 6.42 Å². The third-order valence-electron chi connectivity index (χ3n) is 3.05. The van der Waals surface area contributed by atoms with Crippen LogP contribution in [0.1, 0.15) is 19.3 Å². The van der Waals surface area contributed by atoms with Gasteiger partial charge in [-0.25, -0.2) is 0 Å². The van der Waals surface area contributed by atoms with E-state index in [-0.39, 0.29) is 0 Å². The maximum atomic E-state index is 2.46. The molecule has 3 aliphatic rings. The van der Waals surface area contributed by atoms with E-state index in [0.717, 1.165) is 17.8 Å². The van der Waals surface area contributed by atoms with Crippen LogP contribution < -0.4 is 0 Å². The highest BCUT2D eigenvalue weighted by Gasteiger charge is 2.51. The highest BCUT2D eigenvalue weighted by atomic mass is 14.6. The highest BCUT2D eigenvalue weighted by molar-refractivity contribution is 5.32. The van der Waals surface area contributed by atoms with Crippen molar-refractivity contribution >= 4 is 0 Å². The summed E-state index contributed by atoms with van der Waals surface area (Å²) in [4.78, 5) is 0. The Balaban J connectivity index is 2.08. The lowest BCUT2D eigenvalue weighted by Crippen LogP contribution is -2.08. The Kier molecular flexibility index (Phi) is 0.415. The van der Waals surface area contributed by atoms with Crippen molar-refractivity contribution in [3.05, 3.63) is 11.6 Å². The normalized spacial score (nSPS) is 56.0. The molecule has 0 spiro atoms. The molecule has 0 aliphatic heterocycles. The molecule has 0 amide bonds. The van der Waals surface area contributed by atoms with Crippen LogP contribution in [-0.2, 0) is 0 Å². The van der Waals surface area contributed by atoms with E-state index in [1.54, 1.807) is 12.8 Å². The molecular formula is C8H10. The summed E-state index contributed by atoms with van der Waals surface area (Å²) in [5.74, 6) is 3.35. The summed E-state index contributed by atoms with van der Waals surface area (Å²) in [5, 5.41) is 0. The van der Waals surface area contributed by atoms with Gasteiger partial charge in [-0.3, -0.25) is 0 Å². The Morgan fingerprint density at radius 2 is 2.38 bits per heavy atom. The van der Waals surface area contributed by atoms with Gasteiger partial charge in [0, 0.05) is 0 Å². The fraction of sp³-hybridized carbons (Fsp3) is 0.750. The monoisotopic (exact) mass is 106 g/mol. The molecular weight excluding hydrogens is 96.1 g/mol. The largest absolute Gasteiger partial charge is 0.0842 e. The van der Waals surface area contributed by atoms with Gasteiger partial charge in [-0.2, -0.15) is 0 Å². The molecule has 2 unspecified atom stereocenters. The van der Waals surface area contributed by atoms with Gasteiger partial charge in [0.1, 0.15) is 0 Å². The van der Waals surface area contributed by atoms with Gasteiger partial charge in [-0.15, -0.1) is 0 Å². The highest BCUT2D eigenvalue weighted by Crippen LogP contribution is 2.62. The first-order valence-electron chi connectivity index (χ1n) is 3.65. The van der Waals surface area contributed by atoms with Crippen LogP contribution in [0.25, 0.3) is 0 Å². The van der Waals surface area contributed by atoms with Crippen molar-refractivity contribution in [2.24, 2.45) is 17.8 Å². The van der Waals surface area contributed by atoms with Crippen LogP contribution in [0.3, 0.4) is 0 Å². The first-order valence-corrected chi connectivity index (χ1v) is 3.65. The number of hydrogen-bond donors (Lipinski definition) is 0. The summed E-state index contributed by atoms with van der Waals surface area (Å²) in [5.41, 5.74) is 1.84. The zero-order valence-electron chi connectivity index (χ0n) is 4.93. The number of allylic oxidation sites excluding steroid dienone is 2. The van der Waals surface area contributed by atoms with Crippen molar-refractivity contribution in [1.82, 2.24) is 0 Å². The van der Waals surface area contributed by atoms with Crippen LogP contribution in [-0.4, -0.2) is 0 Å². The second kappa shape index (κ2) is 0.896. The van der Waals surface area contributed by atoms with Gasteiger partial charge in [-0.05, 0) is 37.0 Å². The van der Waals surface area contributed by atoms with E-state index in [0.29, 0.717) is 0 Å². The first-order chi connectivity index (χ1) is 3.95. The molecule has 0 aromatic heterocycles. The quantitative estimate of drug-likeness (QED) is 0.414. The molecule has 0 radical (unpaired) electrons. The van der Waals surface area contributed by atoms with Gasteiger partial charge in [0.2, 0.25) is 0 Å². The van der Waals surface area contributed by atoms with Crippen LogP contribution in [0.4, 0.5) is 0 Å². The Morgan fingerprint density at radius 3 is 2.75 bits per heavy atom. The van der Waals surface area contributed by atoms with Crippen molar-refractivity contribution in [1.29, 1.82) is 0 Å². The molecule has 3 aliphatic carbocycles. The van der Waals surface area contributed by atoms with Crippen LogP contribution >= 0.6 is 0 Å². The maximum absolute atomic E-state index is 2.46. The van der Waals surface area contributed by atoms with Gasteiger partial charge >= 0.3 is 0 Å². The molecule has 3 rings (SSSR count). The molecule has 3 atom stereocenters. The Bertz CT molecular complexity index is 167. The zero-order chi connectivity index (χ0) is 5.14. The minimum Gasteiger partial charge on any atom is -0.0842 e. The molecule has 2 fully saturated rings. The van der Waals surface area contributed by atoms with E-state index < -0.39 is 0 Å². The van der Waals surface area contributed by atoms with Crippen molar-refractivity contribution in [2.75, 3.05) is 0 Å². The van der Waals surface area contributed by atoms with Crippen LogP contribution in [0, 0.1) is 17.8 Å². The summed E-state index contributed by atoms with van der Waals surface area (Å²) in [7, 11) is 0. The Labute approximate surface area is 49.6 Å². The lowest BCUT2D eigenvalue weighted by molar-refractivity contribution is 0.532. The molecule has 8 heavy (non-hydrogen) atoms. The van der Waals surface area contributed by atoms with Crippen molar-refractivity contribution in [3.63, 3.8) is 0 Å². The fourth-order valence-corrected chi connectivity index (χ4v) is 2.39. The molecule has 42 valence electrons. The lowest BCUT2D eigenvalue weighted by atomic mass is 9.84.